The Kier molecular flexibility index (Phi) is 2.06. The quantitative estimate of drug-likeness (QED) is 0.467. The van der Waals surface area contributed by atoms with Crippen LogP contribution in [-0.2, 0) is 9.59 Å². The summed E-state index contributed by atoms with van der Waals surface area (Å²) in [4.78, 5) is 21.8. The van der Waals surface area contributed by atoms with E-state index in [-0.39, 0.29) is 0 Å². The fraction of sp³-hybridized carbons (Fsp3) is 0.714. The van der Waals surface area contributed by atoms with Crippen LogP contribution in [0, 0.1) is 5.92 Å². The van der Waals surface area contributed by atoms with Gasteiger partial charge in [-0.2, -0.15) is 0 Å². The Morgan fingerprint density at radius 1 is 1.33 bits per heavy atom. The minimum atomic E-state index is -1.20. The molecule has 68 valence electrons. The highest BCUT2D eigenvalue weighted by Gasteiger charge is 2.47. The number of primary amides is 2. The van der Waals surface area contributed by atoms with Gasteiger partial charge < -0.3 is 17.2 Å². The van der Waals surface area contributed by atoms with Gasteiger partial charge in [0.1, 0.15) is 5.54 Å². The van der Waals surface area contributed by atoms with E-state index in [0.717, 1.165) is 6.42 Å². The van der Waals surface area contributed by atoms with Crippen LogP contribution in [0.3, 0.4) is 0 Å². The molecule has 2 amide bonds. The number of hydrogen-bond acceptors (Lipinski definition) is 3. The summed E-state index contributed by atoms with van der Waals surface area (Å²) in [6, 6.07) is 0. The van der Waals surface area contributed by atoms with Gasteiger partial charge in [-0.1, -0.05) is 6.42 Å². The van der Waals surface area contributed by atoms with Crippen LogP contribution in [0.25, 0.3) is 0 Å². The lowest BCUT2D eigenvalue weighted by Gasteiger charge is -2.25. The Bertz CT molecular complexity index is 229. The molecule has 0 saturated heterocycles. The minimum Gasteiger partial charge on any atom is -0.369 e. The highest BCUT2D eigenvalue weighted by atomic mass is 16.2. The van der Waals surface area contributed by atoms with E-state index in [1.54, 1.807) is 0 Å². The third kappa shape index (κ3) is 1.16. The molecule has 6 N–H and O–H groups in total. The van der Waals surface area contributed by atoms with Crippen molar-refractivity contribution >= 4 is 11.8 Å². The summed E-state index contributed by atoms with van der Waals surface area (Å²) in [6.07, 6.45) is 1.75. The zero-order valence-corrected chi connectivity index (χ0v) is 6.75. The molecule has 1 rings (SSSR count). The molecule has 5 heteroatoms. The molecule has 2 atom stereocenters. The van der Waals surface area contributed by atoms with E-state index in [1.165, 1.54) is 0 Å². The maximum Gasteiger partial charge on any atom is 0.238 e. The highest BCUT2D eigenvalue weighted by Crippen LogP contribution is 2.33. The van der Waals surface area contributed by atoms with E-state index in [2.05, 4.69) is 0 Å². The number of carbonyl (C=O) groups is 2. The molecule has 0 spiro atoms. The summed E-state index contributed by atoms with van der Waals surface area (Å²) < 4.78 is 0. The van der Waals surface area contributed by atoms with E-state index in [4.69, 9.17) is 17.2 Å². The van der Waals surface area contributed by atoms with Crippen molar-refractivity contribution in [3.05, 3.63) is 0 Å². The molecule has 0 aromatic carbocycles. The molecule has 0 radical (unpaired) electrons. The second kappa shape index (κ2) is 2.75. The highest BCUT2D eigenvalue weighted by molar-refractivity contribution is 5.92. The number of carbonyl (C=O) groups excluding carboxylic acids is 2. The zero-order chi connectivity index (χ0) is 9.35. The van der Waals surface area contributed by atoms with Crippen LogP contribution >= 0.6 is 0 Å². The Morgan fingerprint density at radius 3 is 2.25 bits per heavy atom. The second-order valence-electron chi connectivity index (χ2n) is 3.25. The smallest absolute Gasteiger partial charge is 0.238 e. The number of amides is 2. The average molecular weight is 171 g/mol. The predicted molar refractivity (Wildman–Crippen MR) is 42.6 cm³/mol. The molecule has 0 bridgehead atoms. The van der Waals surface area contributed by atoms with Crippen molar-refractivity contribution in [3.63, 3.8) is 0 Å². The zero-order valence-electron chi connectivity index (χ0n) is 6.75. The Morgan fingerprint density at radius 2 is 1.92 bits per heavy atom. The molecule has 0 heterocycles. The molecule has 1 saturated carbocycles. The van der Waals surface area contributed by atoms with Gasteiger partial charge in [-0.3, -0.25) is 9.59 Å². The first-order valence-electron chi connectivity index (χ1n) is 3.86. The Labute approximate surface area is 70.3 Å². The fourth-order valence-electron chi connectivity index (χ4n) is 1.72. The maximum absolute atomic E-state index is 10.9. The molecule has 5 nitrogen and oxygen atoms in total. The summed E-state index contributed by atoms with van der Waals surface area (Å²) in [6.45, 7) is 0. The van der Waals surface area contributed by atoms with Gasteiger partial charge in [-0.05, 0) is 12.8 Å². The van der Waals surface area contributed by atoms with Gasteiger partial charge in [0.25, 0.3) is 0 Å². The van der Waals surface area contributed by atoms with E-state index in [1.807, 2.05) is 0 Å². The van der Waals surface area contributed by atoms with Crippen LogP contribution in [0.2, 0.25) is 0 Å². The van der Waals surface area contributed by atoms with Crippen LogP contribution < -0.4 is 17.2 Å². The van der Waals surface area contributed by atoms with Crippen LogP contribution in [0.4, 0.5) is 0 Å². The summed E-state index contributed by atoms with van der Waals surface area (Å²) in [5, 5.41) is 0. The molecule has 1 aliphatic carbocycles. The lowest BCUT2D eigenvalue weighted by atomic mass is 9.87. The number of rotatable bonds is 2. The molecule has 1 aliphatic rings. The summed E-state index contributed by atoms with van der Waals surface area (Å²) in [7, 11) is 0. The van der Waals surface area contributed by atoms with E-state index < -0.39 is 23.3 Å². The fourth-order valence-corrected chi connectivity index (χ4v) is 1.72. The molecule has 12 heavy (non-hydrogen) atoms. The van der Waals surface area contributed by atoms with Crippen molar-refractivity contribution in [1.82, 2.24) is 0 Å². The summed E-state index contributed by atoms with van der Waals surface area (Å²) in [5.74, 6) is -1.76. The van der Waals surface area contributed by atoms with Crippen LogP contribution in [-0.4, -0.2) is 17.4 Å². The minimum absolute atomic E-state index is 0.454. The maximum atomic E-state index is 10.9. The summed E-state index contributed by atoms with van der Waals surface area (Å²) in [5.41, 5.74) is 14.6. The second-order valence-corrected chi connectivity index (χ2v) is 3.25. The molecule has 2 unspecified atom stereocenters. The first kappa shape index (κ1) is 8.99. The van der Waals surface area contributed by atoms with Gasteiger partial charge in [-0.15, -0.1) is 0 Å². The molecular weight excluding hydrogens is 158 g/mol. The van der Waals surface area contributed by atoms with Crippen molar-refractivity contribution in [3.8, 4) is 0 Å². The number of hydrogen-bond donors (Lipinski definition) is 3. The average Bonchev–Trinajstić information content (AvgIpc) is 2.32. The topological polar surface area (TPSA) is 112 Å². The Hall–Kier alpha value is -1.10. The van der Waals surface area contributed by atoms with Crippen LogP contribution in [0.5, 0.6) is 0 Å². The van der Waals surface area contributed by atoms with E-state index >= 15 is 0 Å². The predicted octanol–water partition coefficient (Wildman–Crippen LogP) is -1.55. The van der Waals surface area contributed by atoms with Crippen molar-refractivity contribution in [1.29, 1.82) is 0 Å². The van der Waals surface area contributed by atoms with Gasteiger partial charge in [0.05, 0.1) is 5.92 Å². The van der Waals surface area contributed by atoms with Crippen molar-refractivity contribution in [2.75, 3.05) is 0 Å². The third-order valence-corrected chi connectivity index (χ3v) is 2.51. The van der Waals surface area contributed by atoms with Crippen molar-refractivity contribution in [2.24, 2.45) is 23.1 Å². The van der Waals surface area contributed by atoms with Gasteiger partial charge >= 0.3 is 0 Å². The normalized spacial score (nSPS) is 34.9. The van der Waals surface area contributed by atoms with Crippen molar-refractivity contribution in [2.45, 2.75) is 24.8 Å². The largest absolute Gasteiger partial charge is 0.369 e. The molecule has 0 aromatic rings. The first-order chi connectivity index (χ1) is 5.48. The van der Waals surface area contributed by atoms with Crippen LogP contribution in [0.15, 0.2) is 0 Å². The first-order valence-corrected chi connectivity index (χ1v) is 3.86. The standard InChI is InChI=1S/C7H13N3O2/c8-5(11)4-2-1-3-7(4,10)6(9)12/h4H,1-3,10H2,(H2,8,11)(H2,9,12). The van der Waals surface area contributed by atoms with Crippen LogP contribution in [0.1, 0.15) is 19.3 Å². The molecule has 0 aromatic heterocycles. The molecule has 1 fully saturated rings. The lowest BCUT2D eigenvalue weighted by molar-refractivity contribution is -0.131. The monoisotopic (exact) mass is 171 g/mol. The van der Waals surface area contributed by atoms with E-state index in [9.17, 15) is 9.59 Å². The van der Waals surface area contributed by atoms with Gasteiger partial charge in [-0.25, -0.2) is 0 Å². The molecular formula is C7H13N3O2. The van der Waals surface area contributed by atoms with Gasteiger partial charge in [0.15, 0.2) is 0 Å². The number of nitrogens with two attached hydrogens (primary N) is 3. The Balaban J connectivity index is 2.89. The molecule has 0 aliphatic heterocycles. The van der Waals surface area contributed by atoms with E-state index in [0.29, 0.717) is 12.8 Å². The van der Waals surface area contributed by atoms with Gasteiger partial charge in [0, 0.05) is 0 Å². The lowest BCUT2D eigenvalue weighted by Crippen LogP contribution is -2.57. The SMILES string of the molecule is NC(=O)C1CCCC1(N)C(N)=O. The van der Waals surface area contributed by atoms with Gasteiger partial charge in [0.2, 0.25) is 11.8 Å². The van der Waals surface area contributed by atoms with Crippen molar-refractivity contribution < 1.29 is 9.59 Å². The third-order valence-electron chi connectivity index (χ3n) is 2.51. The summed E-state index contributed by atoms with van der Waals surface area (Å²) >= 11 is 0.